The van der Waals surface area contributed by atoms with E-state index in [4.69, 9.17) is 4.74 Å². The van der Waals surface area contributed by atoms with Crippen LogP contribution in [-0.4, -0.2) is 52.8 Å². The Kier molecular flexibility index (Phi) is 4.73. The highest BCUT2D eigenvalue weighted by atomic mass is 16.5. The van der Waals surface area contributed by atoms with E-state index in [1.54, 1.807) is 13.3 Å². The number of hydrogen-bond donors (Lipinski definition) is 3. The number of rotatable bonds is 7. The minimum atomic E-state index is -0.0392. The lowest BCUT2D eigenvalue weighted by molar-refractivity contribution is 0.0988. The van der Waals surface area contributed by atoms with Crippen LogP contribution in [0.4, 0.5) is 0 Å². The summed E-state index contributed by atoms with van der Waals surface area (Å²) in [5.74, 6) is 0.579. The van der Waals surface area contributed by atoms with Crippen molar-refractivity contribution in [3.8, 4) is 11.5 Å². The summed E-state index contributed by atoms with van der Waals surface area (Å²) in [7, 11) is 1.63. The van der Waals surface area contributed by atoms with Crippen LogP contribution in [0, 0.1) is 13.8 Å². The molecule has 0 amide bonds. The molecule has 0 aliphatic carbocycles. The molecule has 0 bridgehead atoms. The molecular formula is C17H21N5O2. The van der Waals surface area contributed by atoms with Gasteiger partial charge in [0, 0.05) is 13.7 Å². The summed E-state index contributed by atoms with van der Waals surface area (Å²) in [6.45, 7) is 5.53. The molecule has 0 atom stereocenters. The van der Waals surface area contributed by atoms with E-state index in [0.29, 0.717) is 30.2 Å². The number of methoxy groups -OCH3 is 1. The minimum Gasteiger partial charge on any atom is -0.383 e. The molecule has 0 saturated heterocycles. The van der Waals surface area contributed by atoms with Gasteiger partial charge in [0.05, 0.1) is 35.9 Å². The third-order valence-corrected chi connectivity index (χ3v) is 4.04. The van der Waals surface area contributed by atoms with Crippen molar-refractivity contribution in [2.45, 2.75) is 13.8 Å². The first-order chi connectivity index (χ1) is 11.6. The first-order valence-electron chi connectivity index (χ1n) is 7.83. The van der Waals surface area contributed by atoms with Crippen LogP contribution < -0.4 is 5.32 Å². The van der Waals surface area contributed by atoms with E-state index in [1.807, 2.05) is 6.07 Å². The summed E-state index contributed by atoms with van der Waals surface area (Å²) < 4.78 is 4.95. The SMILES string of the molecule is COCCNCC(=O)c1cn[nH]c1-c1nc2cc(C)c(C)cc2[nH]1. The van der Waals surface area contributed by atoms with Gasteiger partial charge in [0.25, 0.3) is 0 Å². The van der Waals surface area contributed by atoms with Crippen LogP contribution in [0.5, 0.6) is 0 Å². The van der Waals surface area contributed by atoms with Crippen molar-refractivity contribution in [3.05, 3.63) is 35.0 Å². The molecule has 2 aromatic heterocycles. The predicted octanol–water partition coefficient (Wildman–Crippen LogP) is 1.99. The lowest BCUT2D eigenvalue weighted by Crippen LogP contribution is -2.26. The summed E-state index contributed by atoms with van der Waals surface area (Å²) in [5, 5.41) is 9.94. The highest BCUT2D eigenvalue weighted by Gasteiger charge is 2.18. The predicted molar refractivity (Wildman–Crippen MR) is 92.2 cm³/mol. The Hall–Kier alpha value is -2.51. The number of aromatic amines is 2. The molecule has 0 radical (unpaired) electrons. The molecule has 2 heterocycles. The number of H-pyrrole nitrogens is 2. The molecule has 0 aliphatic rings. The smallest absolute Gasteiger partial charge is 0.180 e. The molecule has 0 aliphatic heterocycles. The Labute approximate surface area is 139 Å². The van der Waals surface area contributed by atoms with Crippen LogP contribution in [0.25, 0.3) is 22.6 Å². The number of nitrogens with one attached hydrogen (secondary N) is 3. The van der Waals surface area contributed by atoms with Gasteiger partial charge >= 0.3 is 0 Å². The summed E-state index contributed by atoms with van der Waals surface area (Å²) in [5.41, 5.74) is 5.33. The second kappa shape index (κ2) is 6.94. The average molecular weight is 327 g/mol. The van der Waals surface area contributed by atoms with Crippen molar-refractivity contribution < 1.29 is 9.53 Å². The zero-order chi connectivity index (χ0) is 17.1. The first-order valence-corrected chi connectivity index (χ1v) is 7.83. The summed E-state index contributed by atoms with van der Waals surface area (Å²) in [4.78, 5) is 20.2. The van der Waals surface area contributed by atoms with E-state index in [1.165, 1.54) is 11.1 Å². The number of aromatic nitrogens is 4. The molecule has 7 nitrogen and oxygen atoms in total. The summed E-state index contributed by atoms with van der Waals surface area (Å²) >= 11 is 0. The maximum atomic E-state index is 12.4. The van der Waals surface area contributed by atoms with Crippen molar-refractivity contribution >= 4 is 16.8 Å². The Balaban J connectivity index is 1.86. The first kappa shape index (κ1) is 16.4. The number of fused-ring (bicyclic) bond motifs is 1. The number of ketones is 1. The van der Waals surface area contributed by atoms with Crippen molar-refractivity contribution in [3.63, 3.8) is 0 Å². The van der Waals surface area contributed by atoms with E-state index < -0.39 is 0 Å². The number of hydrogen-bond acceptors (Lipinski definition) is 5. The number of Topliss-reactive ketones (excluding diaryl/α,β-unsaturated/α-hetero) is 1. The Bertz CT molecular complexity index is 826. The van der Waals surface area contributed by atoms with Crippen molar-refractivity contribution in [2.75, 3.05) is 26.8 Å². The van der Waals surface area contributed by atoms with E-state index in [-0.39, 0.29) is 12.3 Å². The second-order valence-electron chi connectivity index (χ2n) is 5.79. The molecule has 1 aromatic carbocycles. The van der Waals surface area contributed by atoms with Crippen molar-refractivity contribution in [2.24, 2.45) is 0 Å². The topological polar surface area (TPSA) is 95.7 Å². The average Bonchev–Trinajstić information content (AvgIpc) is 3.18. The van der Waals surface area contributed by atoms with Crippen LogP contribution in [0.15, 0.2) is 18.3 Å². The maximum absolute atomic E-state index is 12.4. The maximum Gasteiger partial charge on any atom is 0.180 e. The Morgan fingerprint density at radius 3 is 2.88 bits per heavy atom. The molecule has 3 aromatic rings. The molecule has 7 heteroatoms. The van der Waals surface area contributed by atoms with Crippen LogP contribution in [-0.2, 0) is 4.74 Å². The fourth-order valence-electron chi connectivity index (χ4n) is 2.54. The van der Waals surface area contributed by atoms with Crippen LogP contribution in [0.2, 0.25) is 0 Å². The molecule has 24 heavy (non-hydrogen) atoms. The quantitative estimate of drug-likeness (QED) is 0.455. The number of benzene rings is 1. The number of aryl methyl sites for hydroxylation is 2. The van der Waals surface area contributed by atoms with Gasteiger partial charge < -0.3 is 15.0 Å². The van der Waals surface area contributed by atoms with Gasteiger partial charge in [-0.2, -0.15) is 5.10 Å². The van der Waals surface area contributed by atoms with E-state index >= 15 is 0 Å². The molecule has 0 unspecified atom stereocenters. The summed E-state index contributed by atoms with van der Waals surface area (Å²) in [6, 6.07) is 4.10. The molecule has 3 rings (SSSR count). The lowest BCUT2D eigenvalue weighted by atomic mass is 10.1. The number of carbonyl (C=O) groups excluding carboxylic acids is 1. The second-order valence-corrected chi connectivity index (χ2v) is 5.79. The number of carbonyl (C=O) groups is 1. The van der Waals surface area contributed by atoms with Gasteiger partial charge in [0.2, 0.25) is 0 Å². The minimum absolute atomic E-state index is 0.0392. The van der Waals surface area contributed by atoms with E-state index in [2.05, 4.69) is 45.4 Å². The molecular weight excluding hydrogens is 306 g/mol. The van der Waals surface area contributed by atoms with Crippen molar-refractivity contribution in [1.82, 2.24) is 25.5 Å². The van der Waals surface area contributed by atoms with Crippen molar-refractivity contribution in [1.29, 1.82) is 0 Å². The molecule has 0 fully saturated rings. The molecule has 0 saturated carbocycles. The summed E-state index contributed by atoms with van der Waals surface area (Å²) in [6.07, 6.45) is 1.54. The Morgan fingerprint density at radius 1 is 1.29 bits per heavy atom. The van der Waals surface area contributed by atoms with Crippen LogP contribution in [0.1, 0.15) is 21.5 Å². The number of imidazole rings is 1. The standard InChI is InChI=1S/C17H21N5O2/c1-10-6-13-14(7-11(10)2)21-17(20-13)16-12(8-19-22-16)15(23)9-18-4-5-24-3/h6-8,18H,4-5,9H2,1-3H3,(H,19,22)(H,20,21). The van der Waals surface area contributed by atoms with Crippen LogP contribution >= 0.6 is 0 Å². The normalized spacial score (nSPS) is 11.3. The molecule has 126 valence electrons. The van der Waals surface area contributed by atoms with E-state index in [0.717, 1.165) is 11.0 Å². The van der Waals surface area contributed by atoms with Gasteiger partial charge in [0.15, 0.2) is 11.6 Å². The van der Waals surface area contributed by atoms with Gasteiger partial charge in [-0.25, -0.2) is 4.98 Å². The fourth-order valence-corrected chi connectivity index (χ4v) is 2.54. The Morgan fingerprint density at radius 2 is 2.08 bits per heavy atom. The van der Waals surface area contributed by atoms with Gasteiger partial charge in [-0.05, 0) is 37.1 Å². The number of nitrogens with zero attached hydrogens (tertiary/aromatic N) is 2. The zero-order valence-electron chi connectivity index (χ0n) is 14.1. The van der Waals surface area contributed by atoms with Gasteiger partial charge in [-0.1, -0.05) is 0 Å². The largest absolute Gasteiger partial charge is 0.383 e. The molecule has 0 spiro atoms. The fraction of sp³-hybridized carbons (Fsp3) is 0.353. The number of ether oxygens (including phenoxy) is 1. The third kappa shape index (κ3) is 3.22. The monoisotopic (exact) mass is 327 g/mol. The highest BCUT2D eigenvalue weighted by Crippen LogP contribution is 2.24. The molecule has 3 N–H and O–H groups in total. The lowest BCUT2D eigenvalue weighted by Gasteiger charge is -2.03. The van der Waals surface area contributed by atoms with Gasteiger partial charge in [0.1, 0.15) is 5.69 Å². The van der Waals surface area contributed by atoms with Gasteiger partial charge in [-0.3, -0.25) is 9.89 Å². The zero-order valence-corrected chi connectivity index (χ0v) is 14.1. The highest BCUT2D eigenvalue weighted by molar-refractivity contribution is 6.02. The van der Waals surface area contributed by atoms with E-state index in [9.17, 15) is 4.79 Å². The van der Waals surface area contributed by atoms with Gasteiger partial charge in [-0.15, -0.1) is 0 Å². The third-order valence-electron chi connectivity index (χ3n) is 4.04. The van der Waals surface area contributed by atoms with Crippen LogP contribution in [0.3, 0.4) is 0 Å².